The van der Waals surface area contributed by atoms with E-state index in [0.29, 0.717) is 0 Å². The first-order valence-corrected chi connectivity index (χ1v) is 21.6. The Morgan fingerprint density at radius 1 is 0.431 bits per heavy atom. The number of halogens is 1. The van der Waals surface area contributed by atoms with E-state index in [0.717, 1.165) is 23.0 Å². The molecule has 0 bridgehead atoms. The van der Waals surface area contributed by atoms with Gasteiger partial charge in [-0.1, -0.05) is 70.5 Å². The maximum atomic E-state index is 6.22. The number of benzene rings is 4. The van der Waals surface area contributed by atoms with Crippen LogP contribution in [-0.4, -0.2) is 63.9 Å². The first-order chi connectivity index (χ1) is 27.0. The van der Waals surface area contributed by atoms with Gasteiger partial charge in [0.1, 0.15) is 0 Å². The summed E-state index contributed by atoms with van der Waals surface area (Å²) in [6, 6.07) is 30.2. The zero-order valence-corrected chi connectivity index (χ0v) is 38.5. The SMILES string of the molecule is CC1(C)OB(B2OC(C)(C)C(C)(C)O2)OC1(C)C.CCn1c2ccccc2c2ccc(B3OC(C)(C)C(C)(C)O3)cc21.CCn1c2ccccc2c2ccc(Br)cc21. The van der Waals surface area contributed by atoms with Crippen molar-refractivity contribution in [2.45, 2.75) is 144 Å². The van der Waals surface area contributed by atoms with E-state index in [1.807, 2.05) is 55.4 Å². The van der Waals surface area contributed by atoms with Gasteiger partial charge in [-0.2, -0.15) is 0 Å². The molecule has 58 heavy (non-hydrogen) atoms. The minimum absolute atomic E-state index is 0.315. The van der Waals surface area contributed by atoms with E-state index < -0.39 is 14.0 Å². The van der Waals surface area contributed by atoms with Crippen LogP contribution in [0.1, 0.15) is 96.9 Å². The number of fused-ring (bicyclic) bond motifs is 6. The number of hydrogen-bond donors (Lipinski definition) is 0. The molecule has 3 aliphatic heterocycles. The molecule has 0 N–H and O–H groups in total. The van der Waals surface area contributed by atoms with Crippen LogP contribution in [0, 0.1) is 0 Å². The molecule has 9 rings (SSSR count). The maximum Gasteiger partial charge on any atom is 0.494 e. The van der Waals surface area contributed by atoms with Gasteiger partial charge in [-0.05, 0) is 133 Å². The van der Waals surface area contributed by atoms with Gasteiger partial charge in [0, 0.05) is 55.7 Å². The van der Waals surface area contributed by atoms with Gasteiger partial charge in [0.2, 0.25) is 0 Å². The molecule has 0 spiro atoms. The monoisotopic (exact) mass is 848 g/mol. The fourth-order valence-electron chi connectivity index (χ4n) is 7.90. The third kappa shape index (κ3) is 7.50. The highest BCUT2D eigenvalue weighted by Gasteiger charge is 2.63. The molecule has 306 valence electrons. The van der Waals surface area contributed by atoms with E-state index in [4.69, 9.17) is 27.9 Å². The normalized spacial score (nSPS) is 21.1. The van der Waals surface area contributed by atoms with Crippen molar-refractivity contribution in [1.82, 2.24) is 9.13 Å². The van der Waals surface area contributed by atoms with E-state index in [-0.39, 0.29) is 40.7 Å². The summed E-state index contributed by atoms with van der Waals surface area (Å²) in [5.41, 5.74) is 4.15. The van der Waals surface area contributed by atoms with Gasteiger partial charge in [-0.3, -0.25) is 0 Å². The van der Waals surface area contributed by atoms with Gasteiger partial charge in [-0.15, -0.1) is 0 Å². The second-order valence-corrected chi connectivity index (χ2v) is 19.7. The van der Waals surface area contributed by atoms with Crippen LogP contribution in [-0.2, 0) is 41.0 Å². The fourth-order valence-corrected chi connectivity index (χ4v) is 8.24. The van der Waals surface area contributed by atoms with Crippen molar-refractivity contribution in [3.8, 4) is 0 Å². The molecule has 8 nitrogen and oxygen atoms in total. The number of hydrogen-bond acceptors (Lipinski definition) is 6. The van der Waals surface area contributed by atoms with Crippen molar-refractivity contribution in [3.05, 3.63) is 89.4 Å². The van der Waals surface area contributed by atoms with Crippen LogP contribution in [0.2, 0.25) is 0 Å². The van der Waals surface area contributed by atoms with Gasteiger partial charge < -0.3 is 37.1 Å². The summed E-state index contributed by atoms with van der Waals surface area (Å²) < 4.78 is 42.1. The molecule has 3 aliphatic rings. The molecule has 0 atom stereocenters. The number of nitrogens with zero attached hydrogens (tertiary/aromatic N) is 2. The van der Waals surface area contributed by atoms with Crippen molar-refractivity contribution in [2.75, 3.05) is 0 Å². The molecule has 4 aromatic carbocycles. The van der Waals surface area contributed by atoms with Gasteiger partial charge in [0.25, 0.3) is 0 Å². The molecule has 6 aromatic rings. The first kappa shape index (κ1) is 43.0. The van der Waals surface area contributed by atoms with Crippen molar-refractivity contribution >= 4 is 86.1 Å². The summed E-state index contributed by atoms with van der Waals surface area (Å²) in [5.74, 6) is 0. The molecule has 5 heterocycles. The molecule has 0 amide bonds. The van der Waals surface area contributed by atoms with Gasteiger partial charge >= 0.3 is 21.1 Å². The van der Waals surface area contributed by atoms with E-state index in [9.17, 15) is 0 Å². The highest BCUT2D eigenvalue weighted by Crippen LogP contribution is 2.43. The molecule has 0 unspecified atom stereocenters. The van der Waals surface area contributed by atoms with E-state index in [1.165, 1.54) is 43.6 Å². The third-order valence-corrected chi connectivity index (χ3v) is 13.9. The number of para-hydroxylation sites is 2. The maximum absolute atomic E-state index is 6.22. The zero-order chi connectivity index (χ0) is 42.2. The number of aryl methyl sites for hydroxylation is 2. The van der Waals surface area contributed by atoms with Crippen LogP contribution in [0.25, 0.3) is 43.6 Å². The predicted molar refractivity (Wildman–Crippen MR) is 246 cm³/mol. The average molecular weight is 849 g/mol. The highest BCUT2D eigenvalue weighted by molar-refractivity contribution is 9.10. The van der Waals surface area contributed by atoms with Crippen molar-refractivity contribution in [3.63, 3.8) is 0 Å². The molecule has 0 aliphatic carbocycles. The van der Waals surface area contributed by atoms with Crippen LogP contribution in [0.3, 0.4) is 0 Å². The van der Waals surface area contributed by atoms with Gasteiger partial charge in [-0.25, -0.2) is 0 Å². The second kappa shape index (κ2) is 15.1. The van der Waals surface area contributed by atoms with Crippen molar-refractivity contribution in [2.24, 2.45) is 0 Å². The highest BCUT2D eigenvalue weighted by atomic mass is 79.9. The Kier molecular flexibility index (Phi) is 11.2. The van der Waals surface area contributed by atoms with Gasteiger partial charge in [0.05, 0.1) is 39.1 Å². The summed E-state index contributed by atoms with van der Waals surface area (Å²) in [6.07, 6.45) is 0. The van der Waals surface area contributed by atoms with Crippen LogP contribution < -0.4 is 5.46 Å². The largest absolute Gasteiger partial charge is 0.494 e. The third-order valence-electron chi connectivity index (χ3n) is 13.5. The minimum atomic E-state index is -0.476. The summed E-state index contributed by atoms with van der Waals surface area (Å²) >= 11 is 3.54. The Hall–Kier alpha value is -3.09. The number of aromatic nitrogens is 2. The van der Waals surface area contributed by atoms with Crippen LogP contribution in [0.5, 0.6) is 0 Å². The summed E-state index contributed by atoms with van der Waals surface area (Å²) in [4.78, 5) is 0. The van der Waals surface area contributed by atoms with Crippen molar-refractivity contribution < 1.29 is 27.9 Å². The quantitative estimate of drug-likeness (QED) is 0.165. The molecule has 0 saturated carbocycles. The fraction of sp³-hybridized carbons (Fsp3) is 0.478. The van der Waals surface area contributed by atoms with E-state index in [2.05, 4.69) is 152 Å². The van der Waals surface area contributed by atoms with Gasteiger partial charge in [0.15, 0.2) is 0 Å². The molecule has 0 radical (unpaired) electrons. The predicted octanol–water partition coefficient (Wildman–Crippen LogP) is 10.9. The lowest BCUT2D eigenvalue weighted by atomic mass is 9.49. The molecule has 2 aromatic heterocycles. The van der Waals surface area contributed by atoms with Crippen LogP contribution in [0.15, 0.2) is 89.4 Å². The summed E-state index contributed by atoms with van der Waals surface area (Å²) in [7, 11) is -1.27. The Balaban J connectivity index is 0.000000136. The molecule has 12 heteroatoms. The lowest BCUT2D eigenvalue weighted by Gasteiger charge is -2.32. The van der Waals surface area contributed by atoms with Crippen molar-refractivity contribution in [1.29, 1.82) is 0 Å². The lowest BCUT2D eigenvalue weighted by Crippen LogP contribution is -2.41. The summed E-state index contributed by atoms with van der Waals surface area (Å²) in [6.45, 7) is 30.9. The first-order valence-electron chi connectivity index (χ1n) is 20.8. The number of rotatable bonds is 4. The lowest BCUT2D eigenvalue weighted by molar-refractivity contribution is 0.00578. The Bertz CT molecular complexity index is 2390. The summed E-state index contributed by atoms with van der Waals surface area (Å²) in [5, 5.41) is 5.26. The van der Waals surface area contributed by atoms with E-state index >= 15 is 0 Å². The average Bonchev–Trinajstić information content (AvgIpc) is 3.84. The molecule has 3 fully saturated rings. The Labute approximate surface area is 354 Å². The Morgan fingerprint density at radius 3 is 1.19 bits per heavy atom. The molecule has 3 saturated heterocycles. The Morgan fingerprint density at radius 2 is 0.776 bits per heavy atom. The topological polar surface area (TPSA) is 65.2 Å². The second-order valence-electron chi connectivity index (χ2n) is 18.8. The molecular weight excluding hydrogens is 789 g/mol. The van der Waals surface area contributed by atoms with Crippen LogP contribution in [0.4, 0.5) is 0 Å². The smallest absolute Gasteiger partial charge is 0.405 e. The van der Waals surface area contributed by atoms with Crippen LogP contribution >= 0.6 is 15.9 Å². The van der Waals surface area contributed by atoms with E-state index in [1.54, 1.807) is 0 Å². The zero-order valence-electron chi connectivity index (χ0n) is 37.0. The molecular formula is C46H60B3BrN2O6. The standard InChI is InChI=1S/C20H24BNO2.C14H12BrN.C12H24B2O4/c1-6-22-17-10-8-7-9-15(17)16-12-11-14(13-18(16)22)21-23-19(2,3)20(4,5)24-21;1-2-16-13-6-4-3-5-11(13)12-8-7-10(15)9-14(12)16;1-9(2)10(3,4)16-13(15-9)14-17-11(5,6)12(7,8)18-14/h7-13H,6H2,1-5H3;3-9H,2H2,1H3;1-8H3. The minimum Gasteiger partial charge on any atom is -0.405 e.